The molecule has 0 saturated heterocycles. The van der Waals surface area contributed by atoms with Gasteiger partial charge in [0.15, 0.2) is 0 Å². The predicted octanol–water partition coefficient (Wildman–Crippen LogP) is 3.35. The molecule has 0 saturated carbocycles. The van der Waals surface area contributed by atoms with Gasteiger partial charge >= 0.3 is 0 Å². The highest BCUT2D eigenvalue weighted by Gasteiger charge is 2.34. The number of hydrogen-bond acceptors (Lipinski definition) is 3. The molecule has 0 bridgehead atoms. The van der Waals surface area contributed by atoms with Gasteiger partial charge in [0.1, 0.15) is 23.7 Å². The van der Waals surface area contributed by atoms with E-state index in [1.54, 1.807) is 7.11 Å². The van der Waals surface area contributed by atoms with Gasteiger partial charge in [-0.3, -0.25) is 0 Å². The molecule has 1 aromatic carbocycles. The second-order valence-electron chi connectivity index (χ2n) is 5.96. The molecule has 1 heterocycles. The molecule has 1 atom stereocenters. The van der Waals surface area contributed by atoms with Crippen LogP contribution < -0.4 is 9.47 Å². The van der Waals surface area contributed by atoms with Crippen LogP contribution in [-0.4, -0.2) is 25.9 Å². The monoisotopic (exact) mass is 288 g/mol. The summed E-state index contributed by atoms with van der Waals surface area (Å²) in [5.74, 6) is 4.46. The van der Waals surface area contributed by atoms with E-state index in [0.717, 1.165) is 35.5 Å². The summed E-state index contributed by atoms with van der Waals surface area (Å²) in [7, 11) is 1.72. The lowest BCUT2D eigenvalue weighted by Crippen LogP contribution is -2.41. The van der Waals surface area contributed by atoms with Crippen molar-refractivity contribution in [2.45, 2.75) is 46.1 Å². The molecule has 0 N–H and O–H groups in total. The Labute approximate surface area is 127 Å². The Morgan fingerprint density at radius 2 is 1.95 bits per heavy atom. The number of methoxy groups -OCH3 is 1. The maximum Gasteiger partial charge on any atom is 0.130 e. The number of ether oxygens (including phenoxy) is 3. The molecule has 3 nitrogen and oxygen atoms in total. The summed E-state index contributed by atoms with van der Waals surface area (Å²) in [5, 5.41) is 0. The number of rotatable bonds is 4. The highest BCUT2D eigenvalue weighted by atomic mass is 16.5. The fourth-order valence-electron chi connectivity index (χ4n) is 3.02. The lowest BCUT2D eigenvalue weighted by molar-refractivity contribution is -0.0195. The number of terminal acetylenes is 1. The molecule has 1 aromatic rings. The van der Waals surface area contributed by atoms with Gasteiger partial charge in [0.25, 0.3) is 0 Å². The second kappa shape index (κ2) is 5.99. The molecule has 0 fully saturated rings. The van der Waals surface area contributed by atoms with Gasteiger partial charge in [0.2, 0.25) is 0 Å². The van der Waals surface area contributed by atoms with Crippen LogP contribution in [0.2, 0.25) is 0 Å². The second-order valence-corrected chi connectivity index (χ2v) is 5.96. The first-order valence-electron chi connectivity index (χ1n) is 7.30. The minimum atomic E-state index is -0.317. The summed E-state index contributed by atoms with van der Waals surface area (Å²) in [6.07, 6.45) is 7.11. The van der Waals surface area contributed by atoms with Crippen LogP contribution in [0.15, 0.2) is 0 Å². The molecular weight excluding hydrogens is 264 g/mol. The lowest BCUT2D eigenvalue weighted by Gasteiger charge is -2.37. The minimum absolute atomic E-state index is 0.317. The van der Waals surface area contributed by atoms with Crippen molar-refractivity contribution in [3.63, 3.8) is 0 Å². The van der Waals surface area contributed by atoms with E-state index in [1.807, 2.05) is 0 Å². The van der Waals surface area contributed by atoms with Crippen LogP contribution in [-0.2, 0) is 11.2 Å². The van der Waals surface area contributed by atoms with Gasteiger partial charge in [0, 0.05) is 5.56 Å². The van der Waals surface area contributed by atoms with Crippen molar-refractivity contribution >= 4 is 0 Å². The standard InChI is InChI=1S/C18H24O3/c1-7-10-20-11-18(5)9-8-15-14(4)16(19-6)12(2)13(3)17(15)21-18/h1H,8-11H2,2-6H3. The van der Waals surface area contributed by atoms with Crippen molar-refractivity contribution in [3.8, 4) is 23.8 Å². The van der Waals surface area contributed by atoms with E-state index in [9.17, 15) is 0 Å². The summed E-state index contributed by atoms with van der Waals surface area (Å²) in [5.41, 5.74) is 4.41. The largest absolute Gasteiger partial charge is 0.496 e. The van der Waals surface area contributed by atoms with Crippen molar-refractivity contribution in [1.29, 1.82) is 0 Å². The molecule has 3 heteroatoms. The van der Waals surface area contributed by atoms with Gasteiger partial charge in [-0.25, -0.2) is 0 Å². The minimum Gasteiger partial charge on any atom is -0.496 e. The fourth-order valence-corrected chi connectivity index (χ4v) is 3.02. The Bertz CT molecular complexity index is 583. The van der Waals surface area contributed by atoms with Crippen molar-refractivity contribution in [2.24, 2.45) is 0 Å². The highest BCUT2D eigenvalue weighted by Crippen LogP contribution is 2.43. The van der Waals surface area contributed by atoms with Crippen LogP contribution in [0.3, 0.4) is 0 Å². The normalized spacial score (nSPS) is 20.4. The third kappa shape index (κ3) is 2.87. The molecular formula is C18H24O3. The Morgan fingerprint density at radius 1 is 1.24 bits per heavy atom. The Kier molecular flexibility index (Phi) is 4.49. The summed E-state index contributed by atoms with van der Waals surface area (Å²) in [6, 6.07) is 0. The molecule has 2 rings (SSSR count). The van der Waals surface area contributed by atoms with E-state index < -0.39 is 0 Å². The van der Waals surface area contributed by atoms with Gasteiger partial charge in [-0.15, -0.1) is 6.42 Å². The first kappa shape index (κ1) is 15.7. The zero-order valence-electron chi connectivity index (χ0n) is 13.6. The molecule has 1 unspecified atom stereocenters. The van der Waals surface area contributed by atoms with Crippen LogP contribution in [0, 0.1) is 33.1 Å². The molecule has 0 aliphatic carbocycles. The Balaban J connectivity index is 2.35. The summed E-state index contributed by atoms with van der Waals surface area (Å²) in [4.78, 5) is 0. The molecule has 0 amide bonds. The molecule has 1 aliphatic rings. The smallest absolute Gasteiger partial charge is 0.130 e. The van der Waals surface area contributed by atoms with Gasteiger partial charge in [-0.1, -0.05) is 5.92 Å². The van der Waals surface area contributed by atoms with Gasteiger partial charge in [0.05, 0.1) is 13.7 Å². The molecule has 21 heavy (non-hydrogen) atoms. The third-order valence-corrected chi connectivity index (χ3v) is 4.36. The van der Waals surface area contributed by atoms with Gasteiger partial charge in [-0.2, -0.15) is 0 Å². The molecule has 0 radical (unpaired) electrons. The Hall–Kier alpha value is -1.66. The number of benzene rings is 1. The SMILES string of the molecule is C#CCOCC1(C)CCc2c(C)c(OC)c(C)c(C)c2O1. The highest BCUT2D eigenvalue weighted by molar-refractivity contribution is 5.58. The van der Waals surface area contributed by atoms with E-state index in [-0.39, 0.29) is 5.60 Å². The fraction of sp³-hybridized carbons (Fsp3) is 0.556. The summed E-state index contributed by atoms with van der Waals surface area (Å²) < 4.78 is 17.4. The average molecular weight is 288 g/mol. The zero-order valence-corrected chi connectivity index (χ0v) is 13.6. The average Bonchev–Trinajstić information content (AvgIpc) is 2.46. The maximum atomic E-state index is 6.31. The van der Waals surface area contributed by atoms with Crippen molar-refractivity contribution in [2.75, 3.05) is 20.3 Å². The van der Waals surface area contributed by atoms with Crippen LogP contribution in [0.1, 0.15) is 35.6 Å². The van der Waals surface area contributed by atoms with Crippen LogP contribution >= 0.6 is 0 Å². The predicted molar refractivity (Wildman–Crippen MR) is 84.2 cm³/mol. The van der Waals surface area contributed by atoms with E-state index in [1.165, 1.54) is 11.1 Å². The van der Waals surface area contributed by atoms with Crippen LogP contribution in [0.5, 0.6) is 11.5 Å². The van der Waals surface area contributed by atoms with Gasteiger partial charge < -0.3 is 14.2 Å². The topological polar surface area (TPSA) is 27.7 Å². The van der Waals surface area contributed by atoms with E-state index >= 15 is 0 Å². The van der Waals surface area contributed by atoms with Crippen molar-refractivity contribution in [1.82, 2.24) is 0 Å². The Morgan fingerprint density at radius 3 is 2.57 bits per heavy atom. The maximum absolute atomic E-state index is 6.31. The first-order valence-corrected chi connectivity index (χ1v) is 7.30. The van der Waals surface area contributed by atoms with Crippen molar-refractivity contribution in [3.05, 3.63) is 22.3 Å². The van der Waals surface area contributed by atoms with E-state index in [2.05, 4.69) is 33.6 Å². The third-order valence-electron chi connectivity index (χ3n) is 4.36. The quantitative estimate of drug-likeness (QED) is 0.628. The molecule has 1 aliphatic heterocycles. The molecule has 0 spiro atoms. The summed E-state index contributed by atoms with van der Waals surface area (Å²) in [6.45, 7) is 9.19. The molecule has 0 aromatic heterocycles. The lowest BCUT2D eigenvalue weighted by atomic mass is 9.87. The molecule has 114 valence electrons. The van der Waals surface area contributed by atoms with Crippen LogP contribution in [0.4, 0.5) is 0 Å². The van der Waals surface area contributed by atoms with E-state index in [0.29, 0.717) is 13.2 Å². The summed E-state index contributed by atoms with van der Waals surface area (Å²) >= 11 is 0. The number of hydrogen-bond donors (Lipinski definition) is 0. The number of fused-ring (bicyclic) bond motifs is 1. The van der Waals surface area contributed by atoms with Crippen LogP contribution in [0.25, 0.3) is 0 Å². The zero-order chi connectivity index (χ0) is 15.6. The van der Waals surface area contributed by atoms with Crippen molar-refractivity contribution < 1.29 is 14.2 Å². The van der Waals surface area contributed by atoms with Gasteiger partial charge in [-0.05, 0) is 57.2 Å². The first-order chi connectivity index (χ1) is 9.93. The van der Waals surface area contributed by atoms with E-state index in [4.69, 9.17) is 20.6 Å².